The van der Waals surface area contributed by atoms with E-state index in [0.717, 1.165) is 4.90 Å². The maximum atomic E-state index is 12.0. The second-order valence-corrected chi connectivity index (χ2v) is 4.05. The van der Waals surface area contributed by atoms with E-state index in [9.17, 15) is 14.4 Å². The van der Waals surface area contributed by atoms with E-state index >= 15 is 0 Å². The van der Waals surface area contributed by atoms with Crippen molar-refractivity contribution in [3.8, 4) is 5.75 Å². The number of ether oxygens (including phenoxy) is 1. The average Bonchev–Trinajstić information content (AvgIpc) is 2.37. The van der Waals surface area contributed by atoms with Crippen LogP contribution in [0.4, 0.5) is 0 Å². The van der Waals surface area contributed by atoms with Gasteiger partial charge in [0, 0.05) is 0 Å². The van der Waals surface area contributed by atoms with Gasteiger partial charge in [0.05, 0.1) is 0 Å². The van der Waals surface area contributed by atoms with Gasteiger partial charge in [0.1, 0.15) is 18.8 Å². The molecule has 0 aliphatic heterocycles. The minimum atomic E-state index is -1.29. The summed E-state index contributed by atoms with van der Waals surface area (Å²) in [5.41, 5.74) is 0. The molecular weight excluding hydrogens is 266 g/mol. The molecule has 0 heterocycles. The molecule has 0 fully saturated rings. The van der Waals surface area contributed by atoms with Crippen molar-refractivity contribution in [3.05, 3.63) is 30.3 Å². The van der Waals surface area contributed by atoms with Gasteiger partial charge in [-0.15, -0.1) is 0 Å². The molecule has 7 heteroatoms. The van der Waals surface area contributed by atoms with Gasteiger partial charge >= 0.3 is 11.9 Å². The molecule has 1 unspecified atom stereocenters. The van der Waals surface area contributed by atoms with Crippen LogP contribution in [0.2, 0.25) is 0 Å². The molecule has 0 saturated heterocycles. The molecule has 0 saturated carbocycles. The van der Waals surface area contributed by atoms with Crippen LogP contribution in [0.15, 0.2) is 30.3 Å². The molecule has 0 aromatic heterocycles. The third-order valence-corrected chi connectivity index (χ3v) is 2.37. The van der Waals surface area contributed by atoms with Gasteiger partial charge in [0.2, 0.25) is 0 Å². The van der Waals surface area contributed by atoms with Crippen LogP contribution in [0.5, 0.6) is 5.75 Å². The lowest BCUT2D eigenvalue weighted by atomic mass is 10.3. The van der Waals surface area contributed by atoms with Crippen molar-refractivity contribution in [3.63, 3.8) is 0 Å². The summed E-state index contributed by atoms with van der Waals surface area (Å²) in [4.78, 5) is 34.0. The minimum absolute atomic E-state index is 0.443. The van der Waals surface area contributed by atoms with Crippen molar-refractivity contribution >= 4 is 17.8 Å². The molecule has 0 bridgehead atoms. The number of carboxylic acid groups (broad SMARTS) is 2. The van der Waals surface area contributed by atoms with Crippen LogP contribution < -0.4 is 4.74 Å². The minimum Gasteiger partial charge on any atom is -0.481 e. The van der Waals surface area contributed by atoms with Crippen molar-refractivity contribution in [1.82, 2.24) is 4.90 Å². The van der Waals surface area contributed by atoms with Gasteiger partial charge < -0.3 is 19.8 Å². The number of para-hydroxylation sites is 1. The van der Waals surface area contributed by atoms with E-state index in [2.05, 4.69) is 0 Å². The van der Waals surface area contributed by atoms with Gasteiger partial charge in [-0.3, -0.25) is 14.4 Å². The third kappa shape index (κ3) is 4.97. The van der Waals surface area contributed by atoms with E-state index in [1.54, 1.807) is 30.3 Å². The summed E-state index contributed by atoms with van der Waals surface area (Å²) in [6.07, 6.45) is -0.976. The molecule has 20 heavy (non-hydrogen) atoms. The molecular formula is C13H15NO6. The predicted octanol–water partition coefficient (Wildman–Crippen LogP) is 0.452. The first-order chi connectivity index (χ1) is 9.40. The number of benzene rings is 1. The number of carbonyl (C=O) groups excluding carboxylic acids is 1. The van der Waals surface area contributed by atoms with Crippen molar-refractivity contribution in [2.45, 2.75) is 13.0 Å². The van der Waals surface area contributed by atoms with E-state index in [1.165, 1.54) is 6.92 Å². The van der Waals surface area contributed by atoms with Crippen LogP contribution in [-0.2, 0) is 14.4 Å². The highest BCUT2D eigenvalue weighted by Gasteiger charge is 2.25. The Morgan fingerprint density at radius 1 is 1.10 bits per heavy atom. The number of carboxylic acids is 2. The Morgan fingerprint density at radius 2 is 1.60 bits per heavy atom. The Hall–Kier alpha value is -2.57. The summed E-state index contributed by atoms with van der Waals surface area (Å²) in [6.45, 7) is 0.0628. The summed E-state index contributed by atoms with van der Waals surface area (Å²) in [6, 6.07) is 8.50. The third-order valence-electron chi connectivity index (χ3n) is 2.37. The van der Waals surface area contributed by atoms with Gasteiger partial charge in [-0.05, 0) is 19.1 Å². The molecule has 0 aliphatic carbocycles. The Morgan fingerprint density at radius 3 is 2.05 bits per heavy atom. The predicted molar refractivity (Wildman–Crippen MR) is 68.4 cm³/mol. The lowest BCUT2D eigenvalue weighted by molar-refractivity contribution is -0.152. The summed E-state index contributed by atoms with van der Waals surface area (Å²) in [5.74, 6) is -2.82. The monoisotopic (exact) mass is 281 g/mol. The molecule has 7 nitrogen and oxygen atoms in total. The molecule has 1 rings (SSSR count). The number of carbonyl (C=O) groups is 3. The van der Waals surface area contributed by atoms with Crippen LogP contribution in [0, 0.1) is 0 Å². The first kappa shape index (κ1) is 15.5. The largest absolute Gasteiger partial charge is 0.481 e. The molecule has 1 atom stereocenters. The smallest absolute Gasteiger partial charge is 0.323 e. The first-order valence-corrected chi connectivity index (χ1v) is 5.84. The van der Waals surface area contributed by atoms with E-state index < -0.39 is 37.0 Å². The van der Waals surface area contributed by atoms with Crippen molar-refractivity contribution in [2.75, 3.05) is 13.1 Å². The number of hydrogen-bond acceptors (Lipinski definition) is 4. The summed E-state index contributed by atoms with van der Waals surface area (Å²) in [7, 11) is 0. The second-order valence-electron chi connectivity index (χ2n) is 4.05. The SMILES string of the molecule is CC(Oc1ccccc1)C(=O)N(CC(=O)O)CC(=O)O. The molecule has 0 radical (unpaired) electrons. The van der Waals surface area contributed by atoms with E-state index in [4.69, 9.17) is 14.9 Å². The zero-order valence-corrected chi connectivity index (χ0v) is 10.9. The van der Waals surface area contributed by atoms with Crippen LogP contribution in [0.1, 0.15) is 6.92 Å². The Bertz CT molecular complexity index is 471. The van der Waals surface area contributed by atoms with E-state index in [-0.39, 0.29) is 0 Å². The normalized spacial score (nSPS) is 11.4. The lowest BCUT2D eigenvalue weighted by Crippen LogP contribution is -2.45. The maximum Gasteiger partial charge on any atom is 0.323 e. The van der Waals surface area contributed by atoms with Crippen LogP contribution in [-0.4, -0.2) is 52.2 Å². The molecule has 1 amide bonds. The highest BCUT2D eigenvalue weighted by Crippen LogP contribution is 2.12. The first-order valence-electron chi connectivity index (χ1n) is 5.84. The molecule has 1 aromatic rings. The fraction of sp³-hybridized carbons (Fsp3) is 0.308. The molecule has 2 N–H and O–H groups in total. The zero-order chi connectivity index (χ0) is 15.1. The van der Waals surface area contributed by atoms with Gasteiger partial charge in [0.15, 0.2) is 6.10 Å². The van der Waals surface area contributed by atoms with Crippen LogP contribution in [0.3, 0.4) is 0 Å². The van der Waals surface area contributed by atoms with Gasteiger partial charge in [0.25, 0.3) is 5.91 Å². The number of rotatable bonds is 7. The molecule has 108 valence electrons. The van der Waals surface area contributed by atoms with Crippen molar-refractivity contribution < 1.29 is 29.3 Å². The van der Waals surface area contributed by atoms with Crippen LogP contribution >= 0.6 is 0 Å². The van der Waals surface area contributed by atoms with Crippen LogP contribution in [0.25, 0.3) is 0 Å². The maximum absolute atomic E-state index is 12.0. The number of hydrogen-bond donors (Lipinski definition) is 2. The number of amides is 1. The van der Waals surface area contributed by atoms with Gasteiger partial charge in [-0.1, -0.05) is 18.2 Å². The van der Waals surface area contributed by atoms with Gasteiger partial charge in [-0.2, -0.15) is 0 Å². The van der Waals surface area contributed by atoms with Crippen molar-refractivity contribution in [2.24, 2.45) is 0 Å². The molecule has 1 aromatic carbocycles. The quantitative estimate of drug-likeness (QED) is 0.752. The summed E-state index contributed by atoms with van der Waals surface area (Å²) >= 11 is 0. The number of nitrogens with zero attached hydrogens (tertiary/aromatic N) is 1. The summed E-state index contributed by atoms with van der Waals surface area (Å²) < 4.78 is 5.34. The fourth-order valence-corrected chi connectivity index (χ4v) is 1.55. The number of aliphatic carboxylic acids is 2. The average molecular weight is 281 g/mol. The second kappa shape index (κ2) is 7.13. The summed E-state index contributed by atoms with van der Waals surface area (Å²) in [5, 5.41) is 17.4. The Balaban J connectivity index is 2.72. The highest BCUT2D eigenvalue weighted by atomic mass is 16.5. The molecule has 0 spiro atoms. The van der Waals surface area contributed by atoms with E-state index in [1.807, 2.05) is 0 Å². The van der Waals surface area contributed by atoms with Gasteiger partial charge in [-0.25, -0.2) is 0 Å². The molecule has 0 aliphatic rings. The van der Waals surface area contributed by atoms with E-state index in [0.29, 0.717) is 5.75 Å². The topological polar surface area (TPSA) is 104 Å². The highest BCUT2D eigenvalue weighted by molar-refractivity contribution is 5.87. The standard InChI is InChI=1S/C13H15NO6/c1-9(20-10-5-3-2-4-6-10)13(19)14(7-11(15)16)8-12(17)18/h2-6,9H,7-8H2,1H3,(H,15,16)(H,17,18). The van der Waals surface area contributed by atoms with Crippen molar-refractivity contribution in [1.29, 1.82) is 0 Å². The zero-order valence-electron chi connectivity index (χ0n) is 10.9. The fourth-order valence-electron chi connectivity index (χ4n) is 1.55. The lowest BCUT2D eigenvalue weighted by Gasteiger charge is -2.23. The Labute approximate surface area is 115 Å². The Kier molecular flexibility index (Phi) is 5.52.